The van der Waals surface area contributed by atoms with Gasteiger partial charge in [0.2, 0.25) is 0 Å². The van der Waals surface area contributed by atoms with Crippen molar-refractivity contribution in [2.75, 3.05) is 4.23 Å². The summed E-state index contributed by atoms with van der Waals surface area (Å²) in [5.41, 5.74) is 14.0. The molecule has 0 aliphatic rings. The van der Waals surface area contributed by atoms with Crippen LogP contribution in [0.5, 0.6) is 0 Å². The van der Waals surface area contributed by atoms with Gasteiger partial charge in [-0.15, -0.1) is 0 Å². The molecule has 0 bridgehead atoms. The minimum atomic E-state index is -2.07. The molecule has 4 heteroatoms. The number of hydrogen-bond donors (Lipinski definition) is 1. The number of anilines is 1. The van der Waals surface area contributed by atoms with Crippen molar-refractivity contribution in [3.05, 3.63) is 75.8 Å². The first-order valence-electron chi connectivity index (χ1n) is 12.2. The van der Waals surface area contributed by atoms with Crippen LogP contribution in [0.2, 0.25) is 0 Å². The van der Waals surface area contributed by atoms with Crippen molar-refractivity contribution in [2.45, 2.75) is 81.3 Å². The van der Waals surface area contributed by atoms with Crippen LogP contribution in [0.25, 0.3) is 22.3 Å². The third-order valence-corrected chi connectivity index (χ3v) is 11.4. The SMILES string of the molecule is Cc1cc(C)c(-c2cccc(-c3c(C)cc(C)cc3C)c2N[As](Cl)N(C(C)C)C(C)C)c(C)c1. The van der Waals surface area contributed by atoms with Gasteiger partial charge in [0.15, 0.2) is 0 Å². The van der Waals surface area contributed by atoms with E-state index < -0.39 is 14.2 Å². The molecule has 0 aliphatic carbocycles. The van der Waals surface area contributed by atoms with E-state index in [1.54, 1.807) is 0 Å². The molecule has 1 N–H and O–H groups in total. The van der Waals surface area contributed by atoms with E-state index in [2.05, 4.69) is 120 Å². The number of hydrogen-bond acceptors (Lipinski definition) is 2. The van der Waals surface area contributed by atoms with Gasteiger partial charge in [0, 0.05) is 0 Å². The molecule has 0 aliphatic heterocycles. The second-order valence-electron chi connectivity index (χ2n) is 10.2. The molecular weight excluding hydrogens is 499 g/mol. The number of benzene rings is 3. The Morgan fingerprint density at radius 2 is 1.03 bits per heavy atom. The van der Waals surface area contributed by atoms with Crippen molar-refractivity contribution < 1.29 is 0 Å². The number of aryl methyl sites for hydroxylation is 6. The first-order chi connectivity index (χ1) is 15.9. The molecule has 34 heavy (non-hydrogen) atoms. The summed E-state index contributed by atoms with van der Waals surface area (Å²) in [7, 11) is 7.26. The monoisotopic (exact) mass is 538 g/mol. The van der Waals surface area contributed by atoms with Gasteiger partial charge in [0.1, 0.15) is 0 Å². The van der Waals surface area contributed by atoms with Crippen LogP contribution in [0, 0.1) is 41.5 Å². The van der Waals surface area contributed by atoms with Crippen molar-refractivity contribution in [3.63, 3.8) is 0 Å². The summed E-state index contributed by atoms with van der Waals surface area (Å²) in [6.07, 6.45) is 0. The third kappa shape index (κ3) is 5.56. The standard InChI is InChI=1S/C30H40AsClN2/c1-18(2)34(19(3)4)31(32)33-30-26(28-22(7)14-20(5)15-23(28)8)12-11-13-27(30)29-24(9)16-21(6)17-25(29)10/h11-19,33H,1-10H3. The minimum absolute atomic E-state index is 0.381. The van der Waals surface area contributed by atoms with Crippen LogP contribution in [0.3, 0.4) is 0 Å². The Balaban J connectivity index is 2.32. The molecule has 3 rings (SSSR count). The van der Waals surface area contributed by atoms with Crippen molar-refractivity contribution >= 4 is 29.8 Å². The number of rotatable bonds is 7. The average molecular weight is 539 g/mol. The van der Waals surface area contributed by atoms with Crippen LogP contribution in [-0.2, 0) is 0 Å². The van der Waals surface area contributed by atoms with Gasteiger partial charge >= 0.3 is 217 Å². The summed E-state index contributed by atoms with van der Waals surface area (Å²) < 4.78 is 6.37. The van der Waals surface area contributed by atoms with Gasteiger partial charge in [-0.25, -0.2) is 0 Å². The van der Waals surface area contributed by atoms with Crippen LogP contribution in [0.1, 0.15) is 61.1 Å². The predicted molar refractivity (Wildman–Crippen MR) is 153 cm³/mol. The molecular formula is C30H40AsClN2. The van der Waals surface area contributed by atoms with E-state index >= 15 is 0 Å². The van der Waals surface area contributed by atoms with E-state index in [-0.39, 0.29) is 0 Å². The number of halogens is 1. The van der Waals surface area contributed by atoms with Crippen molar-refractivity contribution in [1.29, 1.82) is 0 Å². The molecule has 0 radical (unpaired) electrons. The van der Waals surface area contributed by atoms with E-state index in [1.807, 2.05) is 0 Å². The van der Waals surface area contributed by atoms with Gasteiger partial charge in [0.25, 0.3) is 0 Å². The van der Waals surface area contributed by atoms with Crippen LogP contribution < -0.4 is 4.23 Å². The Morgan fingerprint density at radius 1 is 0.676 bits per heavy atom. The summed E-state index contributed by atoms with van der Waals surface area (Å²) in [6, 6.07) is 16.6. The molecule has 2 nitrogen and oxygen atoms in total. The Bertz CT molecular complexity index is 1050. The Hall–Kier alpha value is -1.73. The first-order valence-corrected chi connectivity index (χ1v) is 16.5. The van der Waals surface area contributed by atoms with Gasteiger partial charge in [-0.1, -0.05) is 0 Å². The van der Waals surface area contributed by atoms with Crippen molar-refractivity contribution in [3.8, 4) is 22.3 Å². The molecule has 0 amide bonds. The van der Waals surface area contributed by atoms with E-state index in [4.69, 9.17) is 9.95 Å². The molecule has 0 fully saturated rings. The molecule has 0 heterocycles. The molecule has 1 atom stereocenters. The molecule has 1 unspecified atom stereocenters. The Labute approximate surface area is 216 Å². The molecule has 0 aromatic heterocycles. The fourth-order valence-corrected chi connectivity index (χ4v) is 10.5. The van der Waals surface area contributed by atoms with Gasteiger partial charge in [0.05, 0.1) is 0 Å². The maximum atomic E-state index is 7.26. The second-order valence-corrected chi connectivity index (χ2v) is 14.4. The Morgan fingerprint density at radius 3 is 1.35 bits per heavy atom. The first kappa shape index (κ1) is 26.9. The van der Waals surface area contributed by atoms with Crippen LogP contribution in [-0.4, -0.2) is 30.1 Å². The average Bonchev–Trinajstić information content (AvgIpc) is 2.67. The molecule has 0 spiro atoms. The van der Waals surface area contributed by atoms with Crippen molar-refractivity contribution in [1.82, 2.24) is 3.82 Å². The molecule has 3 aromatic rings. The Kier molecular flexibility index (Phi) is 8.61. The molecule has 182 valence electrons. The zero-order chi connectivity index (χ0) is 25.3. The zero-order valence-corrected chi connectivity index (χ0v) is 25.1. The van der Waals surface area contributed by atoms with Gasteiger partial charge in [-0.2, -0.15) is 0 Å². The quantitative estimate of drug-likeness (QED) is 0.303. The van der Waals surface area contributed by atoms with E-state index in [0.29, 0.717) is 12.1 Å². The number of nitrogens with one attached hydrogen (secondary N) is 1. The van der Waals surface area contributed by atoms with Crippen LogP contribution in [0.4, 0.5) is 5.69 Å². The summed E-state index contributed by atoms with van der Waals surface area (Å²) in [4.78, 5) is 0. The fourth-order valence-electron chi connectivity index (χ4n) is 5.45. The third-order valence-electron chi connectivity index (χ3n) is 6.42. The molecule has 3 aromatic carbocycles. The topological polar surface area (TPSA) is 15.3 Å². The van der Waals surface area contributed by atoms with Gasteiger partial charge in [-0.3, -0.25) is 0 Å². The normalized spacial score (nSPS) is 12.6. The molecule has 0 saturated carbocycles. The van der Waals surface area contributed by atoms with Crippen molar-refractivity contribution in [2.24, 2.45) is 0 Å². The van der Waals surface area contributed by atoms with Crippen LogP contribution >= 0.6 is 9.95 Å². The summed E-state index contributed by atoms with van der Waals surface area (Å²) >= 11 is -2.07. The zero-order valence-electron chi connectivity index (χ0n) is 22.5. The van der Waals surface area contributed by atoms with E-state index in [9.17, 15) is 0 Å². The van der Waals surface area contributed by atoms with Crippen LogP contribution in [0.15, 0.2) is 42.5 Å². The van der Waals surface area contributed by atoms with E-state index in [0.717, 1.165) is 5.69 Å². The van der Waals surface area contributed by atoms with E-state index in [1.165, 1.54) is 55.6 Å². The second kappa shape index (κ2) is 10.9. The predicted octanol–water partition coefficient (Wildman–Crippen LogP) is 8.63. The summed E-state index contributed by atoms with van der Waals surface area (Å²) in [5, 5.41) is 0. The van der Waals surface area contributed by atoms with Gasteiger partial charge < -0.3 is 0 Å². The number of nitrogens with zero attached hydrogens (tertiary/aromatic N) is 1. The van der Waals surface area contributed by atoms with Gasteiger partial charge in [-0.05, 0) is 0 Å². The summed E-state index contributed by atoms with van der Waals surface area (Å²) in [5.74, 6) is 0. The molecule has 0 saturated heterocycles. The fraction of sp³-hybridized carbons (Fsp3) is 0.400. The maximum absolute atomic E-state index is 7.26. The number of para-hydroxylation sites is 1. The summed E-state index contributed by atoms with van der Waals surface area (Å²) in [6.45, 7) is 22.2.